The summed E-state index contributed by atoms with van der Waals surface area (Å²) >= 11 is 1.88. The topological polar surface area (TPSA) is 24.9 Å². The molecule has 1 fully saturated rings. The zero-order valence-corrected chi connectivity index (χ0v) is 13.3. The average molecular weight is 286 g/mol. The first-order valence-corrected chi connectivity index (χ1v) is 8.19. The van der Waals surface area contributed by atoms with Crippen LogP contribution in [0.25, 0.3) is 10.4 Å². The molecule has 1 aliphatic carbocycles. The molecular formula is C17H22N2S. The average Bonchev–Trinajstić information content (AvgIpc) is 2.91. The minimum atomic E-state index is 0.446. The Kier molecular flexibility index (Phi) is 3.65. The second-order valence-corrected chi connectivity index (χ2v) is 7.25. The van der Waals surface area contributed by atoms with Gasteiger partial charge in [-0.25, -0.2) is 4.98 Å². The van der Waals surface area contributed by atoms with Gasteiger partial charge >= 0.3 is 0 Å². The van der Waals surface area contributed by atoms with Crippen molar-refractivity contribution < 1.29 is 0 Å². The van der Waals surface area contributed by atoms with Crippen LogP contribution in [0.5, 0.6) is 0 Å². The van der Waals surface area contributed by atoms with E-state index in [1.54, 1.807) is 0 Å². The first kappa shape index (κ1) is 13.8. The molecule has 1 aromatic heterocycles. The number of nitrogens with zero attached hydrogens (tertiary/aromatic N) is 1. The molecule has 1 heterocycles. The first-order chi connectivity index (χ1) is 9.62. The quantitative estimate of drug-likeness (QED) is 0.879. The van der Waals surface area contributed by atoms with Crippen LogP contribution in [-0.2, 0) is 6.54 Å². The van der Waals surface area contributed by atoms with Crippen LogP contribution in [-0.4, -0.2) is 11.5 Å². The van der Waals surface area contributed by atoms with E-state index < -0.39 is 0 Å². The van der Waals surface area contributed by atoms with E-state index >= 15 is 0 Å². The molecule has 1 saturated carbocycles. The first-order valence-electron chi connectivity index (χ1n) is 7.37. The minimum absolute atomic E-state index is 0.446. The van der Waals surface area contributed by atoms with Gasteiger partial charge in [0.05, 0.1) is 15.6 Å². The Morgan fingerprint density at radius 3 is 2.60 bits per heavy atom. The van der Waals surface area contributed by atoms with Gasteiger partial charge in [0.1, 0.15) is 0 Å². The summed E-state index contributed by atoms with van der Waals surface area (Å²) in [5, 5.41) is 4.73. The Morgan fingerprint density at radius 1 is 1.30 bits per heavy atom. The van der Waals surface area contributed by atoms with E-state index in [2.05, 4.69) is 56.4 Å². The lowest BCUT2D eigenvalue weighted by molar-refractivity contribution is 0.618. The molecule has 2 aromatic rings. The summed E-state index contributed by atoms with van der Waals surface area (Å²) in [6.07, 6.45) is 1.27. The van der Waals surface area contributed by atoms with Crippen molar-refractivity contribution in [2.45, 2.75) is 39.7 Å². The lowest BCUT2D eigenvalue weighted by Gasteiger charge is -2.02. The monoisotopic (exact) mass is 286 g/mol. The Hall–Kier alpha value is -1.19. The van der Waals surface area contributed by atoms with Crippen LogP contribution in [0.15, 0.2) is 30.3 Å². The Labute approximate surface area is 125 Å². The van der Waals surface area contributed by atoms with E-state index in [-0.39, 0.29) is 0 Å². The number of nitrogens with one attached hydrogen (secondary N) is 1. The standard InChI is InChI=1S/C17H22N2S/c1-4-18-11-14-15(12-8-6-5-7-9-12)20-16(19-14)13-10-17(13,2)3/h5-9,13,18H,4,10-11H2,1-3H3. The lowest BCUT2D eigenvalue weighted by Crippen LogP contribution is -2.12. The van der Waals surface area contributed by atoms with Gasteiger partial charge in [0.2, 0.25) is 0 Å². The van der Waals surface area contributed by atoms with Crippen molar-refractivity contribution >= 4 is 11.3 Å². The van der Waals surface area contributed by atoms with E-state index in [0.717, 1.165) is 13.1 Å². The minimum Gasteiger partial charge on any atom is -0.311 e. The van der Waals surface area contributed by atoms with Gasteiger partial charge in [-0.2, -0.15) is 0 Å². The van der Waals surface area contributed by atoms with Gasteiger partial charge in [-0.3, -0.25) is 0 Å². The maximum atomic E-state index is 4.94. The third kappa shape index (κ3) is 2.65. The second-order valence-electron chi connectivity index (χ2n) is 6.22. The summed E-state index contributed by atoms with van der Waals surface area (Å²) < 4.78 is 0. The van der Waals surface area contributed by atoms with Crippen LogP contribution in [0.4, 0.5) is 0 Å². The van der Waals surface area contributed by atoms with Crippen molar-refractivity contribution in [3.05, 3.63) is 41.0 Å². The predicted molar refractivity (Wildman–Crippen MR) is 86.1 cm³/mol. The van der Waals surface area contributed by atoms with Crippen LogP contribution in [0.2, 0.25) is 0 Å². The van der Waals surface area contributed by atoms with Gasteiger partial charge in [-0.15, -0.1) is 11.3 Å². The lowest BCUT2D eigenvalue weighted by atomic mass is 10.1. The van der Waals surface area contributed by atoms with Crippen molar-refractivity contribution in [2.24, 2.45) is 5.41 Å². The number of hydrogen-bond donors (Lipinski definition) is 1. The smallest absolute Gasteiger partial charge is 0.0971 e. The number of thiazole rings is 1. The predicted octanol–water partition coefficient (Wildman–Crippen LogP) is 4.43. The molecule has 1 unspecified atom stereocenters. The number of rotatable bonds is 5. The Morgan fingerprint density at radius 2 is 2.00 bits per heavy atom. The third-order valence-corrected chi connectivity index (χ3v) is 5.36. The maximum Gasteiger partial charge on any atom is 0.0971 e. The number of aromatic nitrogens is 1. The molecule has 1 N–H and O–H groups in total. The highest BCUT2D eigenvalue weighted by molar-refractivity contribution is 7.15. The van der Waals surface area contributed by atoms with Gasteiger partial charge in [0.15, 0.2) is 0 Å². The summed E-state index contributed by atoms with van der Waals surface area (Å²) in [7, 11) is 0. The molecule has 0 spiro atoms. The fraction of sp³-hybridized carbons (Fsp3) is 0.471. The van der Waals surface area contributed by atoms with E-state index in [0.29, 0.717) is 11.3 Å². The Balaban J connectivity index is 1.94. The van der Waals surface area contributed by atoms with Crippen molar-refractivity contribution in [3.8, 4) is 10.4 Å². The molecule has 0 saturated heterocycles. The molecule has 0 bridgehead atoms. The van der Waals surface area contributed by atoms with Crippen LogP contribution in [0.3, 0.4) is 0 Å². The van der Waals surface area contributed by atoms with E-state index in [4.69, 9.17) is 4.98 Å². The molecule has 3 rings (SSSR count). The van der Waals surface area contributed by atoms with Crippen LogP contribution < -0.4 is 5.32 Å². The summed E-state index contributed by atoms with van der Waals surface area (Å²) in [5.41, 5.74) is 2.95. The van der Waals surface area contributed by atoms with Crippen molar-refractivity contribution in [1.29, 1.82) is 0 Å². The summed E-state index contributed by atoms with van der Waals surface area (Å²) in [6.45, 7) is 8.66. The van der Waals surface area contributed by atoms with Gasteiger partial charge in [0.25, 0.3) is 0 Å². The van der Waals surface area contributed by atoms with Gasteiger partial charge < -0.3 is 5.32 Å². The zero-order chi connectivity index (χ0) is 14.2. The molecule has 3 heteroatoms. The van der Waals surface area contributed by atoms with E-state index in [9.17, 15) is 0 Å². The van der Waals surface area contributed by atoms with E-state index in [1.165, 1.54) is 27.6 Å². The molecule has 0 aliphatic heterocycles. The largest absolute Gasteiger partial charge is 0.311 e. The van der Waals surface area contributed by atoms with Crippen molar-refractivity contribution in [2.75, 3.05) is 6.54 Å². The molecule has 2 nitrogen and oxygen atoms in total. The highest BCUT2D eigenvalue weighted by Gasteiger charge is 2.48. The number of hydrogen-bond acceptors (Lipinski definition) is 3. The fourth-order valence-electron chi connectivity index (χ4n) is 2.59. The molecule has 0 radical (unpaired) electrons. The SMILES string of the molecule is CCNCc1nc(C2CC2(C)C)sc1-c1ccccc1. The van der Waals surface area contributed by atoms with Crippen molar-refractivity contribution in [1.82, 2.24) is 10.3 Å². The molecule has 0 amide bonds. The van der Waals surface area contributed by atoms with Gasteiger partial charge in [0, 0.05) is 12.5 Å². The highest BCUT2D eigenvalue weighted by Crippen LogP contribution is 2.59. The second kappa shape index (κ2) is 5.30. The molecule has 1 atom stereocenters. The summed E-state index contributed by atoms with van der Waals surface area (Å²) in [4.78, 5) is 6.28. The number of benzene rings is 1. The van der Waals surface area contributed by atoms with Crippen LogP contribution in [0.1, 0.15) is 43.8 Å². The summed E-state index contributed by atoms with van der Waals surface area (Å²) in [6, 6.07) is 10.6. The molecule has 20 heavy (non-hydrogen) atoms. The fourth-order valence-corrected chi connectivity index (χ4v) is 3.99. The molecule has 1 aliphatic rings. The van der Waals surface area contributed by atoms with Gasteiger partial charge in [-0.05, 0) is 23.9 Å². The summed E-state index contributed by atoms with van der Waals surface area (Å²) in [5.74, 6) is 0.658. The van der Waals surface area contributed by atoms with Crippen molar-refractivity contribution in [3.63, 3.8) is 0 Å². The normalized spacial score (nSPS) is 20.1. The zero-order valence-electron chi connectivity index (χ0n) is 12.4. The molecule has 106 valence electrons. The maximum absolute atomic E-state index is 4.94. The van der Waals surface area contributed by atoms with Crippen LogP contribution >= 0.6 is 11.3 Å². The van der Waals surface area contributed by atoms with Gasteiger partial charge in [-0.1, -0.05) is 51.1 Å². The highest BCUT2D eigenvalue weighted by atomic mass is 32.1. The molecular weight excluding hydrogens is 264 g/mol. The van der Waals surface area contributed by atoms with E-state index in [1.807, 2.05) is 11.3 Å². The third-order valence-electron chi connectivity index (χ3n) is 4.10. The van der Waals surface area contributed by atoms with Crippen LogP contribution in [0, 0.1) is 5.41 Å². The Bertz CT molecular complexity index is 586. The molecule has 1 aromatic carbocycles.